The summed E-state index contributed by atoms with van der Waals surface area (Å²) >= 11 is 1.30. The lowest BCUT2D eigenvalue weighted by Gasteiger charge is -2.10. The summed E-state index contributed by atoms with van der Waals surface area (Å²) in [6.07, 6.45) is -0.500. The molecule has 0 heterocycles. The van der Waals surface area contributed by atoms with Crippen molar-refractivity contribution in [2.24, 2.45) is 0 Å². The molecular formula is C11H16N2O3S. The first kappa shape index (κ1) is 14.0. The van der Waals surface area contributed by atoms with Crippen LogP contribution < -0.4 is 5.32 Å². The lowest BCUT2D eigenvalue weighted by atomic mass is 10.3. The number of aliphatic hydroxyl groups excluding tert-OH is 1. The third kappa shape index (κ3) is 4.72. The maximum Gasteiger partial charge on any atom is 0.282 e. The van der Waals surface area contributed by atoms with Crippen LogP contribution in [0.15, 0.2) is 29.2 Å². The molecule has 0 radical (unpaired) electrons. The van der Waals surface area contributed by atoms with E-state index in [0.29, 0.717) is 17.2 Å². The Bertz CT molecular complexity index is 373. The van der Waals surface area contributed by atoms with Crippen LogP contribution in [0.3, 0.4) is 0 Å². The average Bonchev–Trinajstić information content (AvgIpc) is 2.34. The molecule has 0 aliphatic carbocycles. The van der Waals surface area contributed by atoms with Crippen molar-refractivity contribution in [3.8, 4) is 0 Å². The Balaban J connectivity index is 2.54. The molecule has 1 aromatic rings. The molecule has 0 fully saturated rings. The number of nitrogens with zero attached hydrogens (tertiary/aromatic N) is 1. The van der Waals surface area contributed by atoms with Gasteiger partial charge in [0.25, 0.3) is 5.69 Å². The molecule has 0 saturated heterocycles. The number of nitro benzene ring substituents is 1. The molecule has 1 aromatic carbocycles. The first-order chi connectivity index (χ1) is 8.15. The van der Waals surface area contributed by atoms with Gasteiger partial charge in [-0.15, -0.1) is 11.8 Å². The highest BCUT2D eigenvalue weighted by molar-refractivity contribution is 7.99. The van der Waals surface area contributed by atoms with Gasteiger partial charge in [0.05, 0.1) is 15.9 Å². The molecule has 2 N–H and O–H groups in total. The summed E-state index contributed by atoms with van der Waals surface area (Å²) in [6, 6.07) is 6.56. The molecule has 1 rings (SSSR count). The second kappa shape index (κ2) is 7.26. The van der Waals surface area contributed by atoms with Gasteiger partial charge in [-0.25, -0.2) is 0 Å². The maximum atomic E-state index is 10.8. The molecule has 0 aromatic heterocycles. The summed E-state index contributed by atoms with van der Waals surface area (Å²) in [4.78, 5) is 10.9. The van der Waals surface area contributed by atoms with Crippen molar-refractivity contribution >= 4 is 17.4 Å². The van der Waals surface area contributed by atoms with E-state index in [-0.39, 0.29) is 5.69 Å². The number of rotatable bonds is 7. The molecule has 0 aliphatic rings. The van der Waals surface area contributed by atoms with E-state index >= 15 is 0 Å². The quantitative estimate of drug-likeness (QED) is 0.441. The highest BCUT2D eigenvalue weighted by Gasteiger charge is 2.14. The number of benzene rings is 1. The second-order valence-corrected chi connectivity index (χ2v) is 4.56. The van der Waals surface area contributed by atoms with Gasteiger partial charge in [-0.3, -0.25) is 10.1 Å². The Labute approximate surface area is 104 Å². The Morgan fingerprint density at radius 3 is 2.88 bits per heavy atom. The Hall–Kier alpha value is -1.11. The number of hydrogen-bond acceptors (Lipinski definition) is 5. The number of nitrogens with one attached hydrogen (secondary N) is 1. The van der Waals surface area contributed by atoms with Crippen LogP contribution in [0.4, 0.5) is 5.69 Å². The van der Waals surface area contributed by atoms with Crippen LogP contribution in [0.2, 0.25) is 0 Å². The highest BCUT2D eigenvalue weighted by atomic mass is 32.2. The second-order valence-electron chi connectivity index (χ2n) is 3.50. The van der Waals surface area contributed by atoms with Crippen molar-refractivity contribution < 1.29 is 10.0 Å². The Morgan fingerprint density at radius 1 is 1.53 bits per heavy atom. The van der Waals surface area contributed by atoms with Gasteiger partial charge in [-0.1, -0.05) is 19.1 Å². The first-order valence-electron chi connectivity index (χ1n) is 5.40. The van der Waals surface area contributed by atoms with E-state index in [0.717, 1.165) is 6.54 Å². The predicted octanol–water partition coefficient (Wildman–Crippen LogP) is 1.66. The Kier molecular flexibility index (Phi) is 5.96. The van der Waals surface area contributed by atoms with Crippen molar-refractivity contribution in [3.63, 3.8) is 0 Å². The smallest absolute Gasteiger partial charge is 0.282 e. The van der Waals surface area contributed by atoms with E-state index in [1.54, 1.807) is 18.2 Å². The zero-order chi connectivity index (χ0) is 12.7. The summed E-state index contributed by atoms with van der Waals surface area (Å²) in [6.45, 7) is 3.26. The topological polar surface area (TPSA) is 75.4 Å². The predicted molar refractivity (Wildman–Crippen MR) is 68.4 cm³/mol. The normalized spacial score (nSPS) is 12.4. The summed E-state index contributed by atoms with van der Waals surface area (Å²) in [5.41, 5.74) is 0.0909. The van der Waals surface area contributed by atoms with Gasteiger partial charge in [0.15, 0.2) is 0 Å². The molecule has 0 spiro atoms. The standard InChI is InChI=1S/C11H16N2O3S/c1-2-12-7-9(14)8-17-11-6-4-3-5-10(11)13(15)16/h3-6,9,12,14H,2,7-8H2,1H3. The number of nitro groups is 1. The summed E-state index contributed by atoms with van der Waals surface area (Å²) in [7, 11) is 0. The SMILES string of the molecule is CCNCC(O)CSc1ccccc1[N+](=O)[O-]. The van der Waals surface area contributed by atoms with E-state index in [4.69, 9.17) is 0 Å². The zero-order valence-corrected chi connectivity index (χ0v) is 10.4. The maximum absolute atomic E-state index is 10.8. The van der Waals surface area contributed by atoms with Gasteiger partial charge in [0.1, 0.15) is 0 Å². The minimum atomic E-state index is -0.500. The molecular weight excluding hydrogens is 240 g/mol. The fourth-order valence-electron chi connectivity index (χ4n) is 1.29. The molecule has 5 nitrogen and oxygen atoms in total. The van der Waals surface area contributed by atoms with Crippen LogP contribution in [0.1, 0.15) is 6.92 Å². The van der Waals surface area contributed by atoms with Crippen LogP contribution in [-0.4, -0.2) is 35.0 Å². The molecule has 94 valence electrons. The third-order valence-electron chi connectivity index (χ3n) is 2.12. The number of likely N-dealkylation sites (N-methyl/N-ethyl adjacent to an activating group) is 1. The zero-order valence-electron chi connectivity index (χ0n) is 9.63. The van der Waals surface area contributed by atoms with E-state index < -0.39 is 11.0 Å². The average molecular weight is 256 g/mol. The molecule has 0 aliphatic heterocycles. The molecule has 0 bridgehead atoms. The molecule has 0 amide bonds. The van der Waals surface area contributed by atoms with Crippen LogP contribution in [-0.2, 0) is 0 Å². The molecule has 6 heteroatoms. The van der Waals surface area contributed by atoms with E-state index in [2.05, 4.69) is 5.32 Å². The first-order valence-corrected chi connectivity index (χ1v) is 6.38. The van der Waals surface area contributed by atoms with Gasteiger partial charge in [0.2, 0.25) is 0 Å². The summed E-state index contributed by atoms with van der Waals surface area (Å²) in [5, 5.41) is 23.4. The number of thioether (sulfide) groups is 1. The van der Waals surface area contributed by atoms with Crippen LogP contribution in [0, 0.1) is 10.1 Å². The van der Waals surface area contributed by atoms with E-state index in [9.17, 15) is 15.2 Å². The Morgan fingerprint density at radius 2 is 2.24 bits per heavy atom. The van der Waals surface area contributed by atoms with Gasteiger partial charge in [0, 0.05) is 18.4 Å². The van der Waals surface area contributed by atoms with Crippen LogP contribution >= 0.6 is 11.8 Å². The van der Waals surface area contributed by atoms with Crippen molar-refractivity contribution in [2.75, 3.05) is 18.8 Å². The van der Waals surface area contributed by atoms with Gasteiger partial charge >= 0.3 is 0 Å². The fourth-order valence-corrected chi connectivity index (χ4v) is 2.24. The minimum Gasteiger partial charge on any atom is -0.391 e. The highest BCUT2D eigenvalue weighted by Crippen LogP contribution is 2.28. The number of para-hydroxylation sites is 1. The van der Waals surface area contributed by atoms with Crippen molar-refractivity contribution in [2.45, 2.75) is 17.9 Å². The van der Waals surface area contributed by atoms with Crippen LogP contribution in [0.5, 0.6) is 0 Å². The van der Waals surface area contributed by atoms with Gasteiger partial charge in [-0.05, 0) is 12.6 Å². The molecule has 0 saturated carbocycles. The summed E-state index contributed by atoms with van der Waals surface area (Å²) < 4.78 is 0. The third-order valence-corrected chi connectivity index (χ3v) is 3.33. The van der Waals surface area contributed by atoms with Gasteiger partial charge in [-0.2, -0.15) is 0 Å². The lowest BCUT2D eigenvalue weighted by molar-refractivity contribution is -0.387. The molecule has 1 unspecified atom stereocenters. The monoisotopic (exact) mass is 256 g/mol. The van der Waals surface area contributed by atoms with E-state index in [1.807, 2.05) is 6.92 Å². The molecule has 1 atom stereocenters. The lowest BCUT2D eigenvalue weighted by Crippen LogP contribution is -2.28. The molecule has 17 heavy (non-hydrogen) atoms. The minimum absolute atomic E-state index is 0.0909. The van der Waals surface area contributed by atoms with Crippen molar-refractivity contribution in [3.05, 3.63) is 34.4 Å². The largest absolute Gasteiger partial charge is 0.391 e. The van der Waals surface area contributed by atoms with Crippen LogP contribution in [0.25, 0.3) is 0 Å². The van der Waals surface area contributed by atoms with Gasteiger partial charge < -0.3 is 10.4 Å². The van der Waals surface area contributed by atoms with E-state index in [1.165, 1.54) is 17.8 Å². The number of aliphatic hydroxyl groups is 1. The van der Waals surface area contributed by atoms with Crippen molar-refractivity contribution in [1.29, 1.82) is 0 Å². The summed E-state index contributed by atoms with van der Waals surface area (Å²) in [5.74, 6) is 0.442. The number of hydrogen-bond donors (Lipinski definition) is 2. The fraction of sp³-hybridized carbons (Fsp3) is 0.455. The van der Waals surface area contributed by atoms with Crippen molar-refractivity contribution in [1.82, 2.24) is 5.32 Å².